The molecule has 0 radical (unpaired) electrons. The van der Waals surface area contributed by atoms with Crippen molar-refractivity contribution in [3.63, 3.8) is 0 Å². The Morgan fingerprint density at radius 1 is 1.25 bits per heavy atom. The predicted molar refractivity (Wildman–Crippen MR) is 62.3 cm³/mol. The number of hydrogen-bond donors (Lipinski definition) is 0. The molecule has 1 saturated carbocycles. The molecule has 0 aromatic carbocycles. The van der Waals surface area contributed by atoms with Crippen LogP contribution in [-0.2, 0) is 14.2 Å². The summed E-state index contributed by atoms with van der Waals surface area (Å²) in [6.45, 7) is 5.81. The van der Waals surface area contributed by atoms with Gasteiger partial charge in [0.1, 0.15) is 0 Å². The summed E-state index contributed by atoms with van der Waals surface area (Å²) in [7, 11) is 0. The molecule has 0 aromatic rings. The molecule has 0 spiro atoms. The lowest BCUT2D eigenvalue weighted by Crippen LogP contribution is -2.22. The number of hydrogen-bond acceptors (Lipinski definition) is 3. The third-order valence-corrected chi connectivity index (χ3v) is 3.53. The van der Waals surface area contributed by atoms with E-state index in [0.717, 1.165) is 19.6 Å². The first-order chi connectivity index (χ1) is 7.79. The summed E-state index contributed by atoms with van der Waals surface area (Å²) < 4.78 is 16.8. The molecule has 3 heteroatoms. The summed E-state index contributed by atoms with van der Waals surface area (Å²) in [6.07, 6.45) is 7.06. The van der Waals surface area contributed by atoms with Gasteiger partial charge in [0.05, 0.1) is 18.8 Å². The van der Waals surface area contributed by atoms with Gasteiger partial charge in [-0.1, -0.05) is 13.3 Å². The zero-order valence-corrected chi connectivity index (χ0v) is 10.5. The van der Waals surface area contributed by atoms with Crippen LogP contribution in [0.15, 0.2) is 0 Å². The van der Waals surface area contributed by atoms with Crippen LogP contribution in [0.5, 0.6) is 0 Å². The summed E-state index contributed by atoms with van der Waals surface area (Å²) in [6, 6.07) is 0. The van der Waals surface area contributed by atoms with E-state index < -0.39 is 0 Å². The molecular weight excluding hydrogens is 204 g/mol. The first-order valence-electron chi connectivity index (χ1n) is 6.68. The monoisotopic (exact) mass is 228 g/mol. The van der Waals surface area contributed by atoms with Crippen LogP contribution in [0.2, 0.25) is 0 Å². The van der Waals surface area contributed by atoms with Gasteiger partial charge >= 0.3 is 0 Å². The molecule has 4 unspecified atom stereocenters. The van der Waals surface area contributed by atoms with E-state index in [1.54, 1.807) is 0 Å². The van der Waals surface area contributed by atoms with Crippen LogP contribution < -0.4 is 0 Å². The van der Waals surface area contributed by atoms with Crippen molar-refractivity contribution in [3.8, 4) is 0 Å². The highest BCUT2D eigenvalue weighted by molar-refractivity contribution is 4.91. The zero-order valence-electron chi connectivity index (χ0n) is 10.5. The topological polar surface area (TPSA) is 31.0 Å². The molecule has 2 fully saturated rings. The number of fused-ring (bicyclic) bond motifs is 1. The summed E-state index contributed by atoms with van der Waals surface area (Å²) in [5.74, 6) is 0.681. The van der Waals surface area contributed by atoms with Gasteiger partial charge < -0.3 is 14.2 Å². The molecule has 1 saturated heterocycles. The van der Waals surface area contributed by atoms with Gasteiger partial charge in [0.2, 0.25) is 0 Å². The quantitative estimate of drug-likeness (QED) is 0.381. The third kappa shape index (κ3) is 3.72. The molecule has 0 aromatic heterocycles. The van der Waals surface area contributed by atoms with Gasteiger partial charge in [-0.3, -0.25) is 0 Å². The largest absolute Gasteiger partial charge is 0.370 e. The summed E-state index contributed by atoms with van der Waals surface area (Å²) in [5, 5.41) is 0. The highest BCUT2D eigenvalue weighted by atomic mass is 16.7. The maximum atomic E-state index is 5.72. The van der Waals surface area contributed by atoms with E-state index in [1.165, 1.54) is 25.7 Å². The highest BCUT2D eigenvalue weighted by Gasteiger charge is 2.43. The number of epoxide rings is 1. The molecule has 2 aliphatic rings. The van der Waals surface area contributed by atoms with Crippen molar-refractivity contribution in [3.05, 3.63) is 0 Å². The second-order valence-electron chi connectivity index (χ2n) is 5.02. The van der Waals surface area contributed by atoms with Crippen molar-refractivity contribution < 1.29 is 14.2 Å². The minimum absolute atomic E-state index is 0.0515. The lowest BCUT2D eigenvalue weighted by atomic mass is 9.90. The van der Waals surface area contributed by atoms with E-state index in [-0.39, 0.29) is 6.29 Å². The van der Waals surface area contributed by atoms with Crippen LogP contribution in [0.3, 0.4) is 0 Å². The molecule has 94 valence electrons. The average molecular weight is 228 g/mol. The Morgan fingerprint density at radius 2 is 2.12 bits per heavy atom. The molecule has 0 bridgehead atoms. The molecule has 1 aliphatic heterocycles. The van der Waals surface area contributed by atoms with Crippen LogP contribution in [0.4, 0.5) is 0 Å². The van der Waals surface area contributed by atoms with Crippen LogP contribution in [0.25, 0.3) is 0 Å². The predicted octanol–water partition coefficient (Wildman–Crippen LogP) is 2.73. The number of rotatable bonds is 7. The van der Waals surface area contributed by atoms with E-state index in [0.29, 0.717) is 18.1 Å². The maximum Gasteiger partial charge on any atom is 0.154 e. The Labute approximate surface area is 98.4 Å². The Morgan fingerprint density at radius 3 is 2.88 bits per heavy atom. The van der Waals surface area contributed by atoms with Crippen LogP contribution in [-0.4, -0.2) is 31.7 Å². The molecule has 16 heavy (non-hydrogen) atoms. The third-order valence-electron chi connectivity index (χ3n) is 3.53. The fourth-order valence-electron chi connectivity index (χ4n) is 2.35. The molecule has 2 rings (SSSR count). The van der Waals surface area contributed by atoms with Crippen molar-refractivity contribution >= 4 is 0 Å². The van der Waals surface area contributed by atoms with E-state index in [4.69, 9.17) is 14.2 Å². The van der Waals surface area contributed by atoms with Crippen molar-refractivity contribution in [2.24, 2.45) is 5.92 Å². The van der Waals surface area contributed by atoms with Crippen molar-refractivity contribution in [1.29, 1.82) is 0 Å². The van der Waals surface area contributed by atoms with Gasteiger partial charge in [-0.25, -0.2) is 0 Å². The lowest BCUT2D eigenvalue weighted by Gasteiger charge is -2.21. The Hall–Kier alpha value is -0.120. The molecule has 0 amide bonds. The smallest absolute Gasteiger partial charge is 0.154 e. The first kappa shape index (κ1) is 12.3. The number of unbranched alkanes of at least 4 members (excludes halogenated alkanes) is 1. The molecule has 1 heterocycles. The average Bonchev–Trinajstić information content (AvgIpc) is 3.05. The van der Waals surface area contributed by atoms with E-state index in [1.807, 2.05) is 6.92 Å². The Bertz CT molecular complexity index is 207. The summed E-state index contributed by atoms with van der Waals surface area (Å²) >= 11 is 0. The number of ether oxygens (including phenoxy) is 3. The van der Waals surface area contributed by atoms with Gasteiger partial charge in [-0.05, 0) is 38.5 Å². The van der Waals surface area contributed by atoms with Crippen molar-refractivity contribution in [1.82, 2.24) is 0 Å². The fourth-order valence-corrected chi connectivity index (χ4v) is 2.35. The van der Waals surface area contributed by atoms with Crippen molar-refractivity contribution in [2.75, 3.05) is 13.2 Å². The van der Waals surface area contributed by atoms with E-state index in [9.17, 15) is 0 Å². The molecule has 4 atom stereocenters. The second-order valence-corrected chi connectivity index (χ2v) is 5.02. The minimum atomic E-state index is -0.0515. The fraction of sp³-hybridized carbons (Fsp3) is 1.00. The molecule has 3 nitrogen and oxygen atoms in total. The SMILES string of the molecule is CCCCOC(C)OCC1CCC2OC2C1. The maximum absolute atomic E-state index is 5.72. The first-order valence-corrected chi connectivity index (χ1v) is 6.68. The van der Waals surface area contributed by atoms with Gasteiger partial charge in [0, 0.05) is 6.61 Å². The van der Waals surface area contributed by atoms with E-state index >= 15 is 0 Å². The standard InChI is InChI=1S/C13H24O3/c1-3-4-7-14-10(2)15-9-11-5-6-12-13(8-11)16-12/h10-13H,3-9H2,1-2H3. The van der Waals surface area contributed by atoms with Gasteiger partial charge in [0.25, 0.3) is 0 Å². The van der Waals surface area contributed by atoms with Crippen LogP contribution in [0.1, 0.15) is 46.0 Å². The van der Waals surface area contributed by atoms with E-state index in [2.05, 4.69) is 6.92 Å². The lowest BCUT2D eigenvalue weighted by molar-refractivity contribution is -0.140. The van der Waals surface area contributed by atoms with Crippen LogP contribution >= 0.6 is 0 Å². The summed E-state index contributed by atoms with van der Waals surface area (Å²) in [4.78, 5) is 0. The molecule has 0 N–H and O–H groups in total. The minimum Gasteiger partial charge on any atom is -0.370 e. The van der Waals surface area contributed by atoms with Crippen molar-refractivity contribution in [2.45, 2.75) is 64.4 Å². The normalized spacial score (nSPS) is 34.5. The second kappa shape index (κ2) is 5.99. The highest BCUT2D eigenvalue weighted by Crippen LogP contribution is 2.39. The Balaban J connectivity index is 1.52. The Kier molecular flexibility index (Phi) is 4.62. The molecular formula is C13H24O3. The molecule has 1 aliphatic carbocycles. The zero-order chi connectivity index (χ0) is 11.4. The van der Waals surface area contributed by atoms with Crippen LogP contribution in [0, 0.1) is 5.92 Å². The van der Waals surface area contributed by atoms with Gasteiger partial charge in [0.15, 0.2) is 6.29 Å². The van der Waals surface area contributed by atoms with Gasteiger partial charge in [-0.15, -0.1) is 0 Å². The summed E-state index contributed by atoms with van der Waals surface area (Å²) in [5.41, 5.74) is 0. The van der Waals surface area contributed by atoms with Gasteiger partial charge in [-0.2, -0.15) is 0 Å².